The molecule has 0 saturated heterocycles. The Balaban J connectivity index is 1.95. The number of hydrogen-bond donors (Lipinski definition) is 1. The van der Waals surface area contributed by atoms with E-state index in [2.05, 4.69) is 37.2 Å². The van der Waals surface area contributed by atoms with Crippen LogP contribution in [-0.2, 0) is 4.79 Å². The second kappa shape index (κ2) is 7.96. The van der Waals surface area contributed by atoms with Crippen molar-refractivity contribution in [2.45, 2.75) is 0 Å². The summed E-state index contributed by atoms with van der Waals surface area (Å²) in [7, 11) is 0. The molecule has 0 radical (unpaired) electrons. The predicted molar refractivity (Wildman–Crippen MR) is 111 cm³/mol. The molecule has 0 heterocycles. The first-order valence-electron chi connectivity index (χ1n) is 7.19. The molecule has 7 heteroatoms. The van der Waals surface area contributed by atoms with Gasteiger partial charge in [0, 0.05) is 5.69 Å². The number of anilines is 1. The van der Waals surface area contributed by atoms with Crippen LogP contribution in [0.4, 0.5) is 5.69 Å². The summed E-state index contributed by atoms with van der Waals surface area (Å²) in [5.74, 6) is 0.731. The van der Waals surface area contributed by atoms with Crippen molar-refractivity contribution in [3.63, 3.8) is 0 Å². The number of halogens is 4. The summed E-state index contributed by atoms with van der Waals surface area (Å²) in [4.78, 5) is 11.5. The third-order valence-corrected chi connectivity index (χ3v) is 5.33. The van der Waals surface area contributed by atoms with Gasteiger partial charge in [-0.05, 0) is 44.9 Å². The SMILES string of the molecule is O=C(CBr)Nc1cc(Cl)c(Oc2ccc3ccccc3c2Br)c(Cl)c1. The fourth-order valence-corrected chi connectivity index (χ4v) is 3.60. The molecule has 3 aromatic rings. The fraction of sp³-hybridized carbons (Fsp3) is 0.0556. The first-order chi connectivity index (χ1) is 12.0. The molecule has 3 rings (SSSR count). The van der Waals surface area contributed by atoms with Gasteiger partial charge in [0.1, 0.15) is 5.75 Å². The summed E-state index contributed by atoms with van der Waals surface area (Å²) in [5.41, 5.74) is 0.504. The van der Waals surface area contributed by atoms with Crippen molar-refractivity contribution >= 4 is 77.4 Å². The van der Waals surface area contributed by atoms with E-state index in [0.29, 0.717) is 27.2 Å². The summed E-state index contributed by atoms with van der Waals surface area (Å²) in [6.07, 6.45) is 0. The summed E-state index contributed by atoms with van der Waals surface area (Å²) in [5, 5.41) is 5.58. The van der Waals surface area contributed by atoms with Crippen molar-refractivity contribution in [2.75, 3.05) is 10.6 Å². The van der Waals surface area contributed by atoms with Crippen molar-refractivity contribution in [3.8, 4) is 11.5 Å². The van der Waals surface area contributed by atoms with E-state index in [1.807, 2.05) is 36.4 Å². The Morgan fingerprint density at radius 2 is 1.76 bits per heavy atom. The number of alkyl halides is 1. The van der Waals surface area contributed by atoms with Crippen LogP contribution in [0.15, 0.2) is 53.0 Å². The molecule has 0 aliphatic heterocycles. The maximum atomic E-state index is 11.5. The van der Waals surface area contributed by atoms with Crippen LogP contribution in [0.1, 0.15) is 0 Å². The monoisotopic (exact) mass is 501 g/mol. The van der Waals surface area contributed by atoms with E-state index < -0.39 is 0 Å². The molecule has 0 atom stereocenters. The molecule has 3 aromatic carbocycles. The van der Waals surface area contributed by atoms with Gasteiger partial charge in [-0.25, -0.2) is 0 Å². The smallest absolute Gasteiger partial charge is 0.235 e. The molecule has 0 aromatic heterocycles. The summed E-state index contributed by atoms with van der Waals surface area (Å²) in [6.45, 7) is 0. The Labute approximate surface area is 171 Å². The molecule has 0 fully saturated rings. The van der Waals surface area contributed by atoms with E-state index >= 15 is 0 Å². The maximum absolute atomic E-state index is 11.5. The minimum Gasteiger partial charge on any atom is -0.453 e. The fourth-order valence-electron chi connectivity index (χ4n) is 2.33. The first-order valence-corrected chi connectivity index (χ1v) is 9.86. The molecule has 1 amide bonds. The zero-order chi connectivity index (χ0) is 18.0. The van der Waals surface area contributed by atoms with Gasteiger partial charge in [-0.3, -0.25) is 4.79 Å². The highest BCUT2D eigenvalue weighted by molar-refractivity contribution is 9.10. The number of rotatable bonds is 4. The van der Waals surface area contributed by atoms with Gasteiger partial charge in [0.15, 0.2) is 5.75 Å². The van der Waals surface area contributed by atoms with E-state index in [0.717, 1.165) is 15.2 Å². The van der Waals surface area contributed by atoms with Crippen molar-refractivity contribution in [3.05, 3.63) is 63.0 Å². The van der Waals surface area contributed by atoms with Crippen LogP contribution in [0, 0.1) is 0 Å². The lowest BCUT2D eigenvalue weighted by atomic mass is 10.1. The number of hydrogen-bond acceptors (Lipinski definition) is 2. The van der Waals surface area contributed by atoms with Crippen molar-refractivity contribution in [1.82, 2.24) is 0 Å². The lowest BCUT2D eigenvalue weighted by Gasteiger charge is -2.14. The molecule has 1 N–H and O–H groups in total. The van der Waals surface area contributed by atoms with Crippen molar-refractivity contribution in [2.24, 2.45) is 0 Å². The van der Waals surface area contributed by atoms with Crippen molar-refractivity contribution < 1.29 is 9.53 Å². The molecule has 0 spiro atoms. The number of carbonyl (C=O) groups excluding carboxylic acids is 1. The summed E-state index contributed by atoms with van der Waals surface area (Å²) in [6, 6.07) is 14.9. The normalized spacial score (nSPS) is 10.7. The number of nitrogens with one attached hydrogen (secondary N) is 1. The predicted octanol–water partition coefficient (Wildman–Crippen LogP) is 7.03. The van der Waals surface area contributed by atoms with Crippen LogP contribution in [-0.4, -0.2) is 11.2 Å². The molecular weight excluding hydrogens is 493 g/mol. The molecule has 3 nitrogen and oxygen atoms in total. The van der Waals surface area contributed by atoms with Gasteiger partial charge in [-0.15, -0.1) is 0 Å². The number of carbonyl (C=O) groups is 1. The topological polar surface area (TPSA) is 38.3 Å². The average molecular weight is 504 g/mol. The zero-order valence-corrected chi connectivity index (χ0v) is 17.3. The second-order valence-corrected chi connectivity index (χ2v) is 7.32. The van der Waals surface area contributed by atoms with Crippen LogP contribution in [0.25, 0.3) is 10.8 Å². The molecular formula is C18H11Br2Cl2NO2. The zero-order valence-electron chi connectivity index (χ0n) is 12.7. The Hall–Kier alpha value is -1.27. The Kier molecular flexibility index (Phi) is 5.89. The Morgan fingerprint density at radius 1 is 1.08 bits per heavy atom. The summed E-state index contributed by atoms with van der Waals surface area (Å²) < 4.78 is 6.75. The highest BCUT2D eigenvalue weighted by Crippen LogP contribution is 2.42. The number of benzene rings is 3. The van der Waals surface area contributed by atoms with Crippen LogP contribution >= 0.6 is 55.1 Å². The van der Waals surface area contributed by atoms with E-state index in [1.54, 1.807) is 12.1 Å². The first kappa shape index (κ1) is 18.5. The van der Waals surface area contributed by atoms with Gasteiger partial charge in [0.25, 0.3) is 0 Å². The number of ether oxygens (including phenoxy) is 1. The third kappa shape index (κ3) is 4.11. The average Bonchev–Trinajstić information content (AvgIpc) is 2.60. The molecule has 0 aliphatic rings. The number of fused-ring (bicyclic) bond motifs is 1. The Bertz CT molecular complexity index is 940. The molecule has 128 valence electrons. The van der Waals surface area contributed by atoms with E-state index in [-0.39, 0.29) is 11.2 Å². The van der Waals surface area contributed by atoms with Crippen molar-refractivity contribution in [1.29, 1.82) is 0 Å². The van der Waals surface area contributed by atoms with Crippen LogP contribution in [0.2, 0.25) is 10.0 Å². The lowest BCUT2D eigenvalue weighted by Crippen LogP contribution is -2.12. The van der Waals surface area contributed by atoms with E-state index in [1.165, 1.54) is 0 Å². The van der Waals surface area contributed by atoms with Crippen LogP contribution < -0.4 is 10.1 Å². The highest BCUT2D eigenvalue weighted by Gasteiger charge is 2.14. The molecule has 0 bridgehead atoms. The molecule has 0 unspecified atom stereocenters. The van der Waals surface area contributed by atoms with E-state index in [4.69, 9.17) is 27.9 Å². The molecule has 0 aliphatic carbocycles. The van der Waals surface area contributed by atoms with Crippen LogP contribution in [0.5, 0.6) is 11.5 Å². The quantitative estimate of drug-likeness (QED) is 0.388. The molecule has 0 saturated carbocycles. The second-order valence-electron chi connectivity index (χ2n) is 5.15. The van der Waals surface area contributed by atoms with Gasteiger partial charge < -0.3 is 10.1 Å². The van der Waals surface area contributed by atoms with Gasteiger partial charge >= 0.3 is 0 Å². The van der Waals surface area contributed by atoms with Gasteiger partial charge in [-0.1, -0.05) is 69.5 Å². The van der Waals surface area contributed by atoms with Gasteiger partial charge in [-0.2, -0.15) is 0 Å². The minimum absolute atomic E-state index is 0.185. The van der Waals surface area contributed by atoms with Gasteiger partial charge in [0.05, 0.1) is 19.8 Å². The Morgan fingerprint density at radius 3 is 2.44 bits per heavy atom. The maximum Gasteiger partial charge on any atom is 0.235 e. The number of amides is 1. The third-order valence-electron chi connectivity index (χ3n) is 3.44. The van der Waals surface area contributed by atoms with Gasteiger partial charge in [0.2, 0.25) is 5.91 Å². The summed E-state index contributed by atoms with van der Waals surface area (Å²) >= 11 is 19.2. The van der Waals surface area contributed by atoms with Crippen LogP contribution in [0.3, 0.4) is 0 Å². The minimum atomic E-state index is -0.196. The molecule has 25 heavy (non-hydrogen) atoms. The lowest BCUT2D eigenvalue weighted by molar-refractivity contribution is -0.113. The standard InChI is InChI=1S/C18H11Br2Cl2NO2/c19-9-16(24)23-11-7-13(21)18(14(22)8-11)25-15-6-5-10-3-1-2-4-12(10)17(15)20/h1-8H,9H2,(H,23,24). The highest BCUT2D eigenvalue weighted by atomic mass is 79.9. The largest absolute Gasteiger partial charge is 0.453 e. The van der Waals surface area contributed by atoms with E-state index in [9.17, 15) is 4.79 Å².